The van der Waals surface area contributed by atoms with Gasteiger partial charge in [0.2, 0.25) is 0 Å². The van der Waals surface area contributed by atoms with E-state index in [1.807, 2.05) is 30.5 Å². The second kappa shape index (κ2) is 13.6. The molecule has 0 amide bonds. The normalized spacial score (nSPS) is 11.9. The Morgan fingerprint density at radius 3 is 1.11 bits per heavy atom. The molecule has 4 heteroatoms. The molecule has 0 N–H and O–H groups in total. The number of aromatic nitrogens is 4. The standard InChI is InChI=1S/C58H34N4/c1-2-6-35(7-3-1)46-28-33-51(59-34-46)58-61-56(44-20-12-36(13-21-44)47-29-24-42-18-16-38-8-4-10-40-26-31-49(47)54(42)52(38)40)60-57(62-58)45-22-14-37(15-23-45)48-30-25-43-19-17-39-9-5-11-41-27-32-50(48)55(43)53(39)41/h1-34H. The zero-order valence-electron chi connectivity index (χ0n) is 33.4. The highest BCUT2D eigenvalue weighted by Crippen LogP contribution is 2.41. The Balaban J connectivity index is 0.906. The second-order valence-electron chi connectivity index (χ2n) is 16.2. The van der Waals surface area contributed by atoms with Crippen LogP contribution in [0.25, 0.3) is 132 Å². The smallest absolute Gasteiger partial charge is 0.182 e. The Morgan fingerprint density at radius 1 is 0.242 bits per heavy atom. The lowest BCUT2D eigenvalue weighted by atomic mass is 9.89. The summed E-state index contributed by atoms with van der Waals surface area (Å²) in [5, 5.41) is 15.3. The first kappa shape index (κ1) is 34.5. The molecule has 13 aromatic rings. The van der Waals surface area contributed by atoms with Crippen molar-refractivity contribution >= 4 is 64.6 Å². The Morgan fingerprint density at radius 2 is 0.645 bits per heavy atom. The van der Waals surface area contributed by atoms with Crippen molar-refractivity contribution in [1.82, 2.24) is 19.9 Å². The van der Waals surface area contributed by atoms with Crippen molar-refractivity contribution in [3.63, 3.8) is 0 Å². The van der Waals surface area contributed by atoms with Gasteiger partial charge in [0.15, 0.2) is 17.5 Å². The van der Waals surface area contributed by atoms with E-state index in [2.05, 4.69) is 176 Å². The van der Waals surface area contributed by atoms with Crippen molar-refractivity contribution in [2.45, 2.75) is 0 Å². The summed E-state index contributed by atoms with van der Waals surface area (Å²) in [7, 11) is 0. The van der Waals surface area contributed by atoms with E-state index in [1.54, 1.807) is 0 Å². The molecule has 13 rings (SSSR count). The maximum atomic E-state index is 5.13. The topological polar surface area (TPSA) is 51.6 Å². The number of rotatable bonds is 6. The fourth-order valence-corrected chi connectivity index (χ4v) is 9.65. The van der Waals surface area contributed by atoms with Gasteiger partial charge >= 0.3 is 0 Å². The van der Waals surface area contributed by atoms with Crippen LogP contribution in [0.5, 0.6) is 0 Å². The molecule has 0 aliphatic carbocycles. The van der Waals surface area contributed by atoms with Crippen LogP contribution >= 0.6 is 0 Å². The summed E-state index contributed by atoms with van der Waals surface area (Å²) < 4.78 is 0. The summed E-state index contributed by atoms with van der Waals surface area (Å²) in [6.07, 6.45) is 1.89. The minimum absolute atomic E-state index is 0.524. The molecule has 0 saturated carbocycles. The van der Waals surface area contributed by atoms with Gasteiger partial charge in [0.25, 0.3) is 0 Å². The van der Waals surface area contributed by atoms with E-state index in [0.717, 1.165) is 33.4 Å². The zero-order chi connectivity index (χ0) is 40.7. The first-order chi connectivity index (χ1) is 30.7. The summed E-state index contributed by atoms with van der Waals surface area (Å²) in [5.74, 6) is 1.71. The number of hydrogen-bond donors (Lipinski definition) is 0. The van der Waals surface area contributed by atoms with Crippen LogP contribution in [0.2, 0.25) is 0 Å². The molecule has 4 nitrogen and oxygen atoms in total. The van der Waals surface area contributed by atoms with Crippen molar-refractivity contribution in [1.29, 1.82) is 0 Å². The zero-order valence-corrected chi connectivity index (χ0v) is 33.4. The molecule has 62 heavy (non-hydrogen) atoms. The highest BCUT2D eigenvalue weighted by molar-refractivity contribution is 6.26. The quantitative estimate of drug-likeness (QED) is 0.158. The van der Waals surface area contributed by atoms with Gasteiger partial charge in [0.1, 0.15) is 5.69 Å². The van der Waals surface area contributed by atoms with Gasteiger partial charge in [-0.15, -0.1) is 0 Å². The number of pyridine rings is 1. The molecule has 0 saturated heterocycles. The average Bonchev–Trinajstić information content (AvgIpc) is 3.35. The Hall–Kier alpha value is -8.34. The van der Waals surface area contributed by atoms with Gasteiger partial charge in [-0.3, -0.25) is 4.98 Å². The van der Waals surface area contributed by atoms with Crippen LogP contribution in [0, 0.1) is 0 Å². The molecule has 0 fully saturated rings. The predicted octanol–water partition coefficient (Wildman–Crippen LogP) is 15.1. The molecule has 11 aromatic carbocycles. The molecule has 0 unspecified atom stereocenters. The van der Waals surface area contributed by atoms with Gasteiger partial charge in [0.05, 0.1) is 0 Å². The van der Waals surface area contributed by atoms with Gasteiger partial charge in [-0.25, -0.2) is 15.0 Å². The molecule has 0 bridgehead atoms. The Labute approximate surface area is 357 Å². The van der Waals surface area contributed by atoms with Gasteiger partial charge in [-0.2, -0.15) is 0 Å². The third-order valence-corrected chi connectivity index (χ3v) is 12.7. The third kappa shape index (κ3) is 5.47. The van der Waals surface area contributed by atoms with Gasteiger partial charge in [-0.1, -0.05) is 194 Å². The van der Waals surface area contributed by atoms with Crippen LogP contribution in [-0.4, -0.2) is 19.9 Å². The largest absolute Gasteiger partial charge is 0.252 e. The molecule has 0 aliphatic rings. The van der Waals surface area contributed by atoms with Gasteiger partial charge in [0, 0.05) is 22.9 Å². The van der Waals surface area contributed by atoms with Crippen molar-refractivity contribution in [3.8, 4) is 67.7 Å². The molecule has 0 aliphatic heterocycles. The minimum Gasteiger partial charge on any atom is -0.252 e. The first-order valence-electron chi connectivity index (χ1n) is 21.0. The summed E-state index contributed by atoms with van der Waals surface area (Å²) >= 11 is 0. The molecule has 2 aromatic heterocycles. The van der Waals surface area contributed by atoms with Gasteiger partial charge in [-0.05, 0) is 98.5 Å². The number of hydrogen-bond acceptors (Lipinski definition) is 4. The first-order valence-corrected chi connectivity index (χ1v) is 21.0. The number of nitrogens with zero attached hydrogens (tertiary/aromatic N) is 4. The predicted molar refractivity (Wildman–Crippen MR) is 258 cm³/mol. The molecule has 0 atom stereocenters. The summed E-state index contributed by atoms with van der Waals surface area (Å²) in [6.45, 7) is 0. The molecular formula is C58H34N4. The van der Waals surface area contributed by atoms with E-state index >= 15 is 0 Å². The maximum absolute atomic E-state index is 5.13. The lowest BCUT2D eigenvalue weighted by Crippen LogP contribution is -2.01. The van der Waals surface area contributed by atoms with Crippen LogP contribution in [0.3, 0.4) is 0 Å². The van der Waals surface area contributed by atoms with E-state index < -0.39 is 0 Å². The van der Waals surface area contributed by atoms with E-state index in [4.69, 9.17) is 19.9 Å². The Kier molecular flexibility index (Phi) is 7.57. The molecule has 286 valence electrons. The van der Waals surface area contributed by atoms with Crippen LogP contribution in [0.4, 0.5) is 0 Å². The summed E-state index contributed by atoms with van der Waals surface area (Å²) in [4.78, 5) is 20.1. The lowest BCUT2D eigenvalue weighted by molar-refractivity contribution is 1.06. The summed E-state index contributed by atoms with van der Waals surface area (Å²) in [6, 6.07) is 71.6. The minimum atomic E-state index is 0.524. The average molecular weight is 787 g/mol. The van der Waals surface area contributed by atoms with Crippen molar-refractivity contribution in [2.24, 2.45) is 0 Å². The van der Waals surface area contributed by atoms with E-state index in [0.29, 0.717) is 23.2 Å². The van der Waals surface area contributed by atoms with Crippen LogP contribution in [0.1, 0.15) is 0 Å². The van der Waals surface area contributed by atoms with E-state index in [9.17, 15) is 0 Å². The third-order valence-electron chi connectivity index (χ3n) is 12.7. The van der Waals surface area contributed by atoms with Crippen LogP contribution < -0.4 is 0 Å². The molecular weight excluding hydrogens is 753 g/mol. The van der Waals surface area contributed by atoms with Gasteiger partial charge < -0.3 is 0 Å². The second-order valence-corrected chi connectivity index (χ2v) is 16.2. The highest BCUT2D eigenvalue weighted by Gasteiger charge is 2.17. The Bertz CT molecular complexity index is 3580. The van der Waals surface area contributed by atoms with Crippen LogP contribution in [0.15, 0.2) is 206 Å². The van der Waals surface area contributed by atoms with E-state index in [-0.39, 0.29) is 0 Å². The SMILES string of the molecule is c1ccc(-c2ccc(-c3nc(-c4ccc(-c5ccc6ccc7cccc8ccc5c6c78)cc4)nc(-c4ccc(-c5ccc6ccc7cccc8ccc5c6c78)cc4)n3)nc2)cc1. The van der Waals surface area contributed by atoms with Crippen molar-refractivity contribution in [2.75, 3.05) is 0 Å². The monoisotopic (exact) mass is 786 g/mol. The molecule has 0 spiro atoms. The summed E-state index contributed by atoms with van der Waals surface area (Å²) in [5.41, 5.74) is 9.32. The van der Waals surface area contributed by atoms with Crippen molar-refractivity contribution < 1.29 is 0 Å². The lowest BCUT2D eigenvalue weighted by Gasteiger charge is -2.15. The van der Waals surface area contributed by atoms with Crippen LogP contribution in [-0.2, 0) is 0 Å². The fourth-order valence-electron chi connectivity index (χ4n) is 9.65. The number of benzene rings is 11. The fraction of sp³-hybridized carbons (Fsp3) is 0. The molecule has 2 heterocycles. The maximum Gasteiger partial charge on any atom is 0.182 e. The molecule has 0 radical (unpaired) electrons. The van der Waals surface area contributed by atoms with Crippen molar-refractivity contribution in [3.05, 3.63) is 206 Å². The van der Waals surface area contributed by atoms with E-state index in [1.165, 1.54) is 75.8 Å². The highest BCUT2D eigenvalue weighted by atomic mass is 15.0.